The topological polar surface area (TPSA) is 29.3 Å². The van der Waals surface area contributed by atoms with Gasteiger partial charge in [0.1, 0.15) is 4.99 Å². The van der Waals surface area contributed by atoms with Crippen molar-refractivity contribution in [2.75, 3.05) is 24.2 Å². The van der Waals surface area contributed by atoms with Crippen LogP contribution >= 0.6 is 24.0 Å². The minimum atomic E-state index is -4.19. The molecule has 0 saturated heterocycles. The molecular weight excluding hydrogens is 281 g/mol. The summed E-state index contributed by atoms with van der Waals surface area (Å²) in [6.45, 7) is 0.268. The van der Waals surface area contributed by atoms with Crippen molar-refractivity contribution in [3.8, 4) is 0 Å². The molecule has 0 unspecified atom stereocenters. The quantitative estimate of drug-likeness (QED) is 0.845. The first-order chi connectivity index (χ1) is 8.31. The first-order valence-corrected chi connectivity index (χ1v) is 6.51. The molecule has 0 aliphatic heterocycles. The third-order valence-electron chi connectivity index (χ3n) is 2.27. The van der Waals surface area contributed by atoms with E-state index in [-0.39, 0.29) is 29.0 Å². The Kier molecular flexibility index (Phi) is 5.28. The zero-order chi connectivity index (χ0) is 13.8. The molecule has 1 aromatic rings. The summed E-state index contributed by atoms with van der Waals surface area (Å²) in [6.07, 6.45) is 0. The van der Waals surface area contributed by atoms with E-state index in [0.29, 0.717) is 5.56 Å². The average Bonchev–Trinajstić information content (AvgIpc) is 2.27. The molecule has 1 rings (SSSR count). The van der Waals surface area contributed by atoms with Gasteiger partial charge < -0.3 is 10.6 Å². The lowest BCUT2D eigenvalue weighted by atomic mass is 10.1. The van der Waals surface area contributed by atoms with Crippen molar-refractivity contribution < 1.29 is 13.2 Å². The van der Waals surface area contributed by atoms with Crippen LogP contribution < -0.4 is 10.6 Å². The number of anilines is 1. The Hall–Kier alpha value is -0.950. The monoisotopic (exact) mass is 294 g/mol. The number of halogens is 3. The molecule has 0 amide bonds. The molecule has 0 heterocycles. The number of para-hydroxylation sites is 1. The summed E-state index contributed by atoms with van der Waals surface area (Å²) in [6, 6.07) is 7.12. The van der Waals surface area contributed by atoms with Crippen LogP contribution in [0, 0.1) is 0 Å². The van der Waals surface area contributed by atoms with Gasteiger partial charge in [0, 0.05) is 30.6 Å². The number of nitrogens with zero attached hydrogens (tertiary/aromatic N) is 1. The highest BCUT2D eigenvalue weighted by Crippen LogP contribution is 2.30. The molecule has 0 atom stereocenters. The fourth-order valence-electron chi connectivity index (χ4n) is 1.43. The minimum absolute atomic E-state index is 0.0349. The molecular formula is C11H13F3N2S2. The second-order valence-electron chi connectivity index (χ2n) is 3.60. The molecule has 1 aromatic carbocycles. The van der Waals surface area contributed by atoms with Gasteiger partial charge in [-0.2, -0.15) is 13.2 Å². The van der Waals surface area contributed by atoms with Gasteiger partial charge in [0.15, 0.2) is 0 Å². The van der Waals surface area contributed by atoms with Crippen LogP contribution in [0.15, 0.2) is 24.3 Å². The maximum Gasteiger partial charge on any atom is 0.441 e. The van der Waals surface area contributed by atoms with Crippen LogP contribution in [0.1, 0.15) is 5.56 Å². The van der Waals surface area contributed by atoms with E-state index in [1.165, 1.54) is 0 Å². The van der Waals surface area contributed by atoms with E-state index in [4.69, 9.17) is 18.0 Å². The first-order valence-electron chi connectivity index (χ1n) is 5.12. The fourth-order valence-corrected chi connectivity index (χ4v) is 2.20. The molecule has 0 fully saturated rings. The number of benzene rings is 1. The first kappa shape index (κ1) is 15.1. The summed E-state index contributed by atoms with van der Waals surface area (Å²) in [7, 11) is 1.72. The van der Waals surface area contributed by atoms with Gasteiger partial charge in [0.25, 0.3) is 0 Å². The van der Waals surface area contributed by atoms with Gasteiger partial charge >= 0.3 is 5.51 Å². The predicted molar refractivity (Wildman–Crippen MR) is 74.1 cm³/mol. The van der Waals surface area contributed by atoms with Crippen LogP contribution in [0.25, 0.3) is 0 Å². The highest BCUT2D eigenvalue weighted by atomic mass is 32.2. The molecule has 0 spiro atoms. The lowest BCUT2D eigenvalue weighted by Gasteiger charge is -2.22. The van der Waals surface area contributed by atoms with Crippen molar-refractivity contribution in [1.29, 1.82) is 0 Å². The summed E-state index contributed by atoms with van der Waals surface area (Å²) in [5.74, 6) is -0.0360. The van der Waals surface area contributed by atoms with Crippen molar-refractivity contribution in [2.45, 2.75) is 5.51 Å². The minimum Gasteiger partial charge on any atom is -0.389 e. The third kappa shape index (κ3) is 4.73. The Bertz CT molecular complexity index is 421. The van der Waals surface area contributed by atoms with E-state index in [2.05, 4.69) is 0 Å². The number of nitrogens with two attached hydrogens (primary N) is 1. The molecule has 2 nitrogen and oxygen atoms in total. The Morgan fingerprint density at radius 3 is 2.56 bits per heavy atom. The molecule has 0 saturated carbocycles. The molecule has 7 heteroatoms. The van der Waals surface area contributed by atoms with E-state index in [1.54, 1.807) is 36.2 Å². The summed E-state index contributed by atoms with van der Waals surface area (Å²) in [5, 5.41) is 0. The summed E-state index contributed by atoms with van der Waals surface area (Å²) < 4.78 is 36.1. The van der Waals surface area contributed by atoms with Crippen molar-refractivity contribution in [1.82, 2.24) is 0 Å². The number of hydrogen-bond donors (Lipinski definition) is 1. The van der Waals surface area contributed by atoms with E-state index in [1.807, 2.05) is 0 Å². The van der Waals surface area contributed by atoms with E-state index in [9.17, 15) is 13.2 Å². The van der Waals surface area contributed by atoms with Crippen molar-refractivity contribution in [3.05, 3.63) is 29.8 Å². The van der Waals surface area contributed by atoms with Crippen molar-refractivity contribution in [2.24, 2.45) is 5.73 Å². The predicted octanol–water partition coefficient (Wildman–Crippen LogP) is 3.01. The number of thioether (sulfide) groups is 1. The molecule has 2 N–H and O–H groups in total. The largest absolute Gasteiger partial charge is 0.441 e. The van der Waals surface area contributed by atoms with Crippen LogP contribution in [-0.2, 0) is 0 Å². The summed E-state index contributed by atoms with van der Waals surface area (Å²) >= 11 is 4.87. The highest BCUT2D eigenvalue weighted by molar-refractivity contribution is 8.00. The van der Waals surface area contributed by atoms with Gasteiger partial charge in [-0.3, -0.25) is 0 Å². The number of alkyl halides is 3. The second-order valence-corrected chi connectivity index (χ2v) is 5.20. The Labute approximate surface area is 113 Å². The Balaban J connectivity index is 2.67. The molecule has 0 aromatic heterocycles. The maximum absolute atomic E-state index is 12.0. The number of thiocarbonyl (C=S) groups is 1. The third-order valence-corrected chi connectivity index (χ3v) is 3.21. The van der Waals surface area contributed by atoms with E-state index >= 15 is 0 Å². The lowest BCUT2D eigenvalue weighted by Crippen LogP contribution is -2.24. The number of hydrogen-bond acceptors (Lipinski definition) is 3. The molecule has 0 aliphatic carbocycles. The van der Waals surface area contributed by atoms with E-state index in [0.717, 1.165) is 5.69 Å². The van der Waals surface area contributed by atoms with Gasteiger partial charge in [0.2, 0.25) is 0 Å². The standard InChI is InChI=1S/C11H13F3N2S2/c1-16(6-7-18-11(12,13)14)9-5-3-2-4-8(9)10(15)17/h2-5H,6-7H2,1H3,(H2,15,17). The SMILES string of the molecule is CN(CCSC(F)(F)F)c1ccccc1C(N)=S. The Morgan fingerprint density at radius 1 is 1.39 bits per heavy atom. The average molecular weight is 294 g/mol. The molecule has 18 heavy (non-hydrogen) atoms. The van der Waals surface area contributed by atoms with Gasteiger partial charge in [-0.05, 0) is 23.9 Å². The molecule has 0 aliphatic rings. The second kappa shape index (κ2) is 6.29. The van der Waals surface area contributed by atoms with Crippen LogP contribution in [0.5, 0.6) is 0 Å². The van der Waals surface area contributed by atoms with Gasteiger partial charge in [0.05, 0.1) is 0 Å². The summed E-state index contributed by atoms with van der Waals surface area (Å²) in [4.78, 5) is 1.95. The van der Waals surface area contributed by atoms with Gasteiger partial charge in [-0.15, -0.1) is 0 Å². The lowest BCUT2D eigenvalue weighted by molar-refractivity contribution is -0.0327. The molecule has 0 bridgehead atoms. The van der Waals surface area contributed by atoms with Crippen LogP contribution in [0.3, 0.4) is 0 Å². The molecule has 0 radical (unpaired) electrons. The normalized spacial score (nSPS) is 11.3. The Morgan fingerprint density at radius 2 is 2.00 bits per heavy atom. The maximum atomic E-state index is 12.0. The molecule has 100 valence electrons. The van der Waals surface area contributed by atoms with E-state index < -0.39 is 5.51 Å². The van der Waals surface area contributed by atoms with Crippen LogP contribution in [-0.4, -0.2) is 29.8 Å². The zero-order valence-electron chi connectivity index (χ0n) is 9.70. The number of rotatable bonds is 5. The fraction of sp³-hybridized carbons (Fsp3) is 0.364. The smallest absolute Gasteiger partial charge is 0.389 e. The van der Waals surface area contributed by atoms with Gasteiger partial charge in [-0.1, -0.05) is 24.4 Å². The summed E-state index contributed by atoms with van der Waals surface area (Å²) in [5.41, 5.74) is 2.80. The van der Waals surface area contributed by atoms with Gasteiger partial charge in [-0.25, -0.2) is 0 Å². The van der Waals surface area contributed by atoms with Crippen molar-refractivity contribution >= 4 is 34.7 Å². The highest BCUT2D eigenvalue weighted by Gasteiger charge is 2.27. The zero-order valence-corrected chi connectivity index (χ0v) is 11.3. The van der Waals surface area contributed by atoms with Crippen LogP contribution in [0.2, 0.25) is 0 Å². The van der Waals surface area contributed by atoms with Crippen molar-refractivity contribution in [3.63, 3.8) is 0 Å². The van der Waals surface area contributed by atoms with Crippen LogP contribution in [0.4, 0.5) is 18.9 Å².